The highest BCUT2D eigenvalue weighted by molar-refractivity contribution is 9.11. The first-order chi connectivity index (χ1) is 7.58. The lowest BCUT2D eigenvalue weighted by Crippen LogP contribution is -2.45. The lowest BCUT2D eigenvalue weighted by Gasteiger charge is -2.23. The first kappa shape index (κ1) is 12.5. The molecule has 4 nitrogen and oxygen atoms in total. The van der Waals surface area contributed by atoms with Crippen molar-refractivity contribution in [2.75, 3.05) is 13.1 Å². The van der Waals surface area contributed by atoms with Gasteiger partial charge in [0.1, 0.15) is 4.21 Å². The molecule has 16 heavy (non-hydrogen) atoms. The Morgan fingerprint density at radius 1 is 1.50 bits per heavy atom. The average Bonchev–Trinajstić information content (AvgIpc) is 2.66. The van der Waals surface area contributed by atoms with Crippen molar-refractivity contribution in [1.29, 1.82) is 0 Å². The largest absolute Gasteiger partial charge is 0.315 e. The van der Waals surface area contributed by atoms with E-state index in [0.29, 0.717) is 10.8 Å². The van der Waals surface area contributed by atoms with E-state index in [1.165, 1.54) is 11.3 Å². The van der Waals surface area contributed by atoms with Crippen LogP contribution < -0.4 is 10.0 Å². The van der Waals surface area contributed by atoms with Crippen LogP contribution in [-0.4, -0.2) is 27.5 Å². The van der Waals surface area contributed by atoms with E-state index in [1.807, 2.05) is 0 Å². The molecule has 0 amide bonds. The van der Waals surface area contributed by atoms with Gasteiger partial charge in [0.2, 0.25) is 10.0 Å². The fraction of sp³-hybridized carbons (Fsp3) is 0.556. The van der Waals surface area contributed by atoms with Gasteiger partial charge in [0.15, 0.2) is 0 Å². The quantitative estimate of drug-likeness (QED) is 0.886. The topological polar surface area (TPSA) is 58.2 Å². The number of thiophene rings is 1. The Bertz CT molecular complexity index is 452. The Kier molecular flexibility index (Phi) is 4.01. The summed E-state index contributed by atoms with van der Waals surface area (Å²) < 4.78 is 27.8. The van der Waals surface area contributed by atoms with E-state index < -0.39 is 10.0 Å². The van der Waals surface area contributed by atoms with Crippen LogP contribution in [0.5, 0.6) is 0 Å². The van der Waals surface area contributed by atoms with E-state index in [9.17, 15) is 8.42 Å². The molecule has 1 saturated heterocycles. The first-order valence-corrected chi connectivity index (χ1v) is 8.15. The van der Waals surface area contributed by atoms with E-state index in [4.69, 9.17) is 0 Å². The first-order valence-electron chi connectivity index (χ1n) is 5.06. The molecule has 0 saturated carbocycles. The fourth-order valence-electron chi connectivity index (χ4n) is 1.67. The zero-order chi connectivity index (χ0) is 11.6. The summed E-state index contributed by atoms with van der Waals surface area (Å²) in [6.45, 7) is 1.69. The number of hydrogen-bond donors (Lipinski definition) is 2. The molecular weight excluding hydrogens is 312 g/mol. The molecule has 1 aromatic heterocycles. The van der Waals surface area contributed by atoms with Crippen molar-refractivity contribution < 1.29 is 8.42 Å². The van der Waals surface area contributed by atoms with Crippen molar-refractivity contribution in [2.24, 2.45) is 0 Å². The van der Waals surface area contributed by atoms with Crippen LogP contribution in [0, 0.1) is 0 Å². The number of rotatable bonds is 3. The molecular formula is C9H13BrN2O2S2. The van der Waals surface area contributed by atoms with Crippen molar-refractivity contribution in [1.82, 2.24) is 10.0 Å². The van der Waals surface area contributed by atoms with E-state index in [0.717, 1.165) is 23.2 Å². The van der Waals surface area contributed by atoms with Crippen molar-refractivity contribution >= 4 is 37.3 Å². The molecule has 0 aliphatic carbocycles. The standard InChI is InChI=1S/C9H13BrN2O2S2/c10-8-3-4-9(15-8)16(13,14)12-7-2-1-5-11-6-7/h3-4,7,11-12H,1-2,5-6H2/t7-/m0/s1. The van der Waals surface area contributed by atoms with E-state index >= 15 is 0 Å². The van der Waals surface area contributed by atoms with E-state index in [-0.39, 0.29) is 6.04 Å². The van der Waals surface area contributed by atoms with Crippen molar-refractivity contribution in [3.05, 3.63) is 15.9 Å². The zero-order valence-electron chi connectivity index (χ0n) is 8.57. The molecule has 2 N–H and O–H groups in total. The van der Waals surface area contributed by atoms with Gasteiger partial charge in [0, 0.05) is 12.6 Å². The molecule has 2 heterocycles. The molecule has 1 atom stereocenters. The molecule has 0 bridgehead atoms. The summed E-state index contributed by atoms with van der Waals surface area (Å²) in [6, 6.07) is 3.38. The summed E-state index contributed by atoms with van der Waals surface area (Å²) in [7, 11) is -3.34. The van der Waals surface area contributed by atoms with Crippen molar-refractivity contribution in [3.8, 4) is 0 Å². The van der Waals surface area contributed by atoms with Crippen LogP contribution in [0.1, 0.15) is 12.8 Å². The van der Waals surface area contributed by atoms with Crippen LogP contribution in [0.4, 0.5) is 0 Å². The predicted octanol–water partition coefficient (Wildman–Crippen LogP) is 1.54. The number of piperidine rings is 1. The summed E-state index contributed by atoms with van der Waals surface area (Å²) in [6.07, 6.45) is 1.92. The Hall–Kier alpha value is 0.0500. The molecule has 0 spiro atoms. The van der Waals surface area contributed by atoms with E-state index in [2.05, 4.69) is 26.0 Å². The summed E-state index contributed by atoms with van der Waals surface area (Å²) in [5.41, 5.74) is 0. The third-order valence-electron chi connectivity index (χ3n) is 2.43. The highest BCUT2D eigenvalue weighted by atomic mass is 79.9. The minimum Gasteiger partial charge on any atom is -0.315 e. The summed E-state index contributed by atoms with van der Waals surface area (Å²) in [5, 5.41) is 3.18. The lowest BCUT2D eigenvalue weighted by atomic mass is 10.1. The molecule has 0 radical (unpaired) electrons. The fourth-order valence-corrected chi connectivity index (χ4v) is 4.97. The van der Waals surface area contributed by atoms with Gasteiger partial charge in [-0.2, -0.15) is 0 Å². The van der Waals surface area contributed by atoms with Gasteiger partial charge in [-0.25, -0.2) is 13.1 Å². The highest BCUT2D eigenvalue weighted by Crippen LogP contribution is 2.26. The van der Waals surface area contributed by atoms with Crippen LogP contribution in [0.3, 0.4) is 0 Å². The van der Waals surface area contributed by atoms with Crippen LogP contribution >= 0.6 is 27.3 Å². The molecule has 1 aliphatic heterocycles. The van der Waals surface area contributed by atoms with Crippen LogP contribution in [0.15, 0.2) is 20.1 Å². The molecule has 0 unspecified atom stereocenters. The summed E-state index contributed by atoms with van der Waals surface area (Å²) in [5.74, 6) is 0. The van der Waals surface area contributed by atoms with Gasteiger partial charge in [-0.15, -0.1) is 11.3 Å². The number of nitrogens with one attached hydrogen (secondary N) is 2. The average molecular weight is 325 g/mol. The van der Waals surface area contributed by atoms with Crippen molar-refractivity contribution in [3.63, 3.8) is 0 Å². The Morgan fingerprint density at radius 3 is 2.88 bits per heavy atom. The summed E-state index contributed by atoms with van der Waals surface area (Å²) in [4.78, 5) is 0. The third kappa shape index (κ3) is 3.04. The second kappa shape index (κ2) is 5.14. The predicted molar refractivity (Wildman–Crippen MR) is 68.2 cm³/mol. The molecule has 1 fully saturated rings. The maximum Gasteiger partial charge on any atom is 0.250 e. The van der Waals surface area contributed by atoms with Gasteiger partial charge in [-0.1, -0.05) is 0 Å². The molecule has 7 heteroatoms. The van der Waals surface area contributed by atoms with Gasteiger partial charge in [-0.05, 0) is 47.4 Å². The Morgan fingerprint density at radius 2 is 2.31 bits per heavy atom. The SMILES string of the molecule is O=S(=O)(N[C@H]1CCCNC1)c1ccc(Br)s1. The molecule has 2 rings (SSSR count). The Balaban J connectivity index is 2.07. The van der Waals surface area contributed by atoms with Crippen LogP contribution in [0.2, 0.25) is 0 Å². The third-order valence-corrected chi connectivity index (χ3v) is 6.07. The van der Waals surface area contributed by atoms with Gasteiger partial charge >= 0.3 is 0 Å². The molecule has 1 aliphatic rings. The van der Waals surface area contributed by atoms with Crippen LogP contribution in [0.25, 0.3) is 0 Å². The lowest BCUT2D eigenvalue weighted by molar-refractivity contribution is 0.429. The molecule has 90 valence electrons. The normalized spacial score (nSPS) is 22.2. The maximum absolute atomic E-state index is 12.0. The maximum atomic E-state index is 12.0. The zero-order valence-corrected chi connectivity index (χ0v) is 11.8. The summed E-state index contributed by atoms with van der Waals surface area (Å²) >= 11 is 4.49. The minimum atomic E-state index is -3.34. The number of sulfonamides is 1. The second-order valence-corrected chi connectivity index (χ2v) is 8.13. The smallest absolute Gasteiger partial charge is 0.250 e. The van der Waals surface area contributed by atoms with Gasteiger partial charge in [0.05, 0.1) is 3.79 Å². The number of halogens is 1. The number of hydrogen-bond acceptors (Lipinski definition) is 4. The highest BCUT2D eigenvalue weighted by Gasteiger charge is 2.22. The Labute approximate surface area is 108 Å². The molecule has 0 aromatic carbocycles. The van der Waals surface area contributed by atoms with Gasteiger partial charge in [0.25, 0.3) is 0 Å². The monoisotopic (exact) mass is 324 g/mol. The second-order valence-electron chi connectivity index (χ2n) is 3.72. The van der Waals surface area contributed by atoms with Crippen LogP contribution in [-0.2, 0) is 10.0 Å². The molecule has 1 aromatic rings. The van der Waals surface area contributed by atoms with E-state index in [1.54, 1.807) is 12.1 Å². The minimum absolute atomic E-state index is 0.0135. The van der Waals surface area contributed by atoms with Gasteiger partial charge in [-0.3, -0.25) is 0 Å². The van der Waals surface area contributed by atoms with Gasteiger partial charge < -0.3 is 5.32 Å². The van der Waals surface area contributed by atoms with Crippen molar-refractivity contribution in [2.45, 2.75) is 23.1 Å².